The van der Waals surface area contributed by atoms with Crippen LogP contribution in [-0.4, -0.2) is 27.5 Å². The van der Waals surface area contributed by atoms with Gasteiger partial charge in [-0.3, -0.25) is 9.89 Å². The van der Waals surface area contributed by atoms with Crippen LogP contribution < -0.4 is 0 Å². The summed E-state index contributed by atoms with van der Waals surface area (Å²) < 4.78 is 0.752. The Balaban J connectivity index is 1.71. The van der Waals surface area contributed by atoms with Crippen LogP contribution >= 0.6 is 22.9 Å². The van der Waals surface area contributed by atoms with Gasteiger partial charge in [0.15, 0.2) is 0 Å². The molecule has 0 saturated carbocycles. The summed E-state index contributed by atoms with van der Waals surface area (Å²) in [5, 5.41) is 7.08. The van der Waals surface area contributed by atoms with Gasteiger partial charge in [-0.15, -0.1) is 17.9 Å². The van der Waals surface area contributed by atoms with Gasteiger partial charge < -0.3 is 4.90 Å². The van der Waals surface area contributed by atoms with Crippen LogP contribution in [-0.2, 0) is 24.2 Å². The average molecular weight is 336 g/mol. The van der Waals surface area contributed by atoms with Crippen molar-refractivity contribution in [2.75, 3.05) is 6.54 Å². The van der Waals surface area contributed by atoms with Gasteiger partial charge in [-0.05, 0) is 37.0 Å². The number of hydrogen-bond donors (Lipinski definition) is 1. The molecule has 6 heteroatoms. The topological polar surface area (TPSA) is 49.0 Å². The normalized spacial score (nSPS) is 17.0. The van der Waals surface area contributed by atoms with Crippen molar-refractivity contribution < 1.29 is 4.79 Å². The van der Waals surface area contributed by atoms with Gasteiger partial charge in [-0.1, -0.05) is 17.7 Å². The number of amides is 1. The van der Waals surface area contributed by atoms with E-state index in [9.17, 15) is 4.79 Å². The number of carbonyl (C=O) groups is 1. The highest BCUT2D eigenvalue weighted by atomic mass is 35.5. The van der Waals surface area contributed by atoms with Gasteiger partial charge in [0.05, 0.1) is 17.1 Å². The third-order valence-electron chi connectivity index (χ3n) is 4.00. The zero-order valence-corrected chi connectivity index (χ0v) is 13.8. The molecule has 1 atom stereocenters. The number of thiophene rings is 1. The Morgan fingerprint density at radius 2 is 2.45 bits per heavy atom. The molecule has 1 N–H and O–H groups in total. The lowest BCUT2D eigenvalue weighted by Crippen LogP contribution is -2.37. The molecule has 0 unspecified atom stereocenters. The van der Waals surface area contributed by atoms with Crippen LogP contribution in [0.1, 0.15) is 22.6 Å². The Morgan fingerprint density at radius 3 is 3.18 bits per heavy atom. The zero-order valence-electron chi connectivity index (χ0n) is 12.2. The molecule has 1 amide bonds. The summed E-state index contributed by atoms with van der Waals surface area (Å²) in [6.45, 7) is 4.92. The molecule has 0 fully saturated rings. The maximum Gasteiger partial charge on any atom is 0.226 e. The van der Waals surface area contributed by atoms with E-state index in [4.69, 9.17) is 11.6 Å². The van der Waals surface area contributed by atoms with Gasteiger partial charge in [0.25, 0.3) is 0 Å². The maximum absolute atomic E-state index is 12.9. The average Bonchev–Trinajstić information content (AvgIpc) is 3.14. The lowest BCUT2D eigenvalue weighted by molar-refractivity contribution is -0.136. The fourth-order valence-corrected chi connectivity index (χ4v) is 4.00. The zero-order chi connectivity index (χ0) is 15.5. The van der Waals surface area contributed by atoms with Crippen LogP contribution in [0.15, 0.2) is 31.0 Å². The van der Waals surface area contributed by atoms with Crippen molar-refractivity contribution in [1.82, 2.24) is 15.1 Å². The fourth-order valence-electron chi connectivity index (χ4n) is 2.90. The molecule has 4 nitrogen and oxygen atoms in total. The first-order valence-corrected chi connectivity index (χ1v) is 8.52. The minimum atomic E-state index is 0.0282. The van der Waals surface area contributed by atoms with E-state index in [-0.39, 0.29) is 11.8 Å². The molecular formula is C16H18ClN3OS. The summed E-state index contributed by atoms with van der Waals surface area (Å²) in [6.07, 6.45) is 6.14. The second kappa shape index (κ2) is 6.67. The largest absolute Gasteiger partial charge is 0.334 e. The van der Waals surface area contributed by atoms with Crippen molar-refractivity contribution in [3.63, 3.8) is 0 Å². The number of carbonyl (C=O) groups excluding carboxylic acids is 1. The predicted molar refractivity (Wildman–Crippen MR) is 89.0 cm³/mol. The summed E-state index contributed by atoms with van der Waals surface area (Å²) in [7, 11) is 0. The Hall–Kier alpha value is -1.59. The Labute approximate surface area is 138 Å². The van der Waals surface area contributed by atoms with Crippen LogP contribution in [0, 0.1) is 5.92 Å². The van der Waals surface area contributed by atoms with Crippen LogP contribution in [0.4, 0.5) is 0 Å². The molecule has 22 heavy (non-hydrogen) atoms. The van der Waals surface area contributed by atoms with E-state index in [0.29, 0.717) is 13.1 Å². The van der Waals surface area contributed by atoms with E-state index in [1.165, 1.54) is 22.6 Å². The molecule has 0 spiro atoms. The molecule has 2 aromatic heterocycles. The van der Waals surface area contributed by atoms with Gasteiger partial charge >= 0.3 is 0 Å². The van der Waals surface area contributed by atoms with E-state index < -0.39 is 0 Å². The summed E-state index contributed by atoms with van der Waals surface area (Å²) in [5.74, 6) is 0.219. The Kier molecular flexibility index (Phi) is 4.64. The lowest BCUT2D eigenvalue weighted by Gasteiger charge is -2.28. The molecular weight excluding hydrogens is 318 g/mol. The highest BCUT2D eigenvalue weighted by Crippen LogP contribution is 2.27. The van der Waals surface area contributed by atoms with Gasteiger partial charge in [-0.2, -0.15) is 5.10 Å². The van der Waals surface area contributed by atoms with Crippen LogP contribution in [0.25, 0.3) is 0 Å². The number of aryl methyl sites for hydroxylation is 1. The molecule has 2 heterocycles. The van der Waals surface area contributed by atoms with Crippen molar-refractivity contribution >= 4 is 28.8 Å². The van der Waals surface area contributed by atoms with E-state index in [0.717, 1.165) is 28.5 Å². The molecule has 0 bridgehead atoms. The van der Waals surface area contributed by atoms with Crippen molar-refractivity contribution in [2.24, 2.45) is 5.92 Å². The van der Waals surface area contributed by atoms with Crippen molar-refractivity contribution in [2.45, 2.75) is 25.8 Å². The molecule has 0 saturated heterocycles. The van der Waals surface area contributed by atoms with Gasteiger partial charge in [0.2, 0.25) is 5.91 Å². The number of aromatic nitrogens is 2. The number of aromatic amines is 1. The second-order valence-corrected chi connectivity index (χ2v) is 7.33. The molecule has 0 aromatic carbocycles. The molecule has 116 valence electrons. The first-order valence-electron chi connectivity index (χ1n) is 7.32. The quantitative estimate of drug-likeness (QED) is 0.851. The smallest absolute Gasteiger partial charge is 0.226 e. The van der Waals surface area contributed by atoms with Gasteiger partial charge in [0.1, 0.15) is 0 Å². The Morgan fingerprint density at radius 1 is 1.59 bits per heavy atom. The number of rotatable bonds is 5. The number of fused-ring (bicyclic) bond motifs is 1. The summed E-state index contributed by atoms with van der Waals surface area (Å²) in [4.78, 5) is 15.8. The third-order valence-corrected chi connectivity index (χ3v) is 5.22. The number of halogens is 1. The molecule has 1 aliphatic rings. The van der Waals surface area contributed by atoms with E-state index in [2.05, 4.69) is 16.8 Å². The predicted octanol–water partition coefficient (Wildman–Crippen LogP) is 3.44. The standard InChI is InChI=1S/C16H18ClN3OS/c1-2-7-20(10-13-4-6-15(17)22-13)16(21)11-3-5-14-12(8-11)9-18-19-14/h2,4,6,9,11H,1,3,5,7-8,10H2,(H,18,19)/t11-/m0/s1. The van der Waals surface area contributed by atoms with Gasteiger partial charge in [-0.25, -0.2) is 0 Å². The molecule has 2 aromatic rings. The van der Waals surface area contributed by atoms with Crippen LogP contribution in [0.2, 0.25) is 4.34 Å². The minimum absolute atomic E-state index is 0.0282. The Bertz CT molecular complexity index is 678. The number of H-pyrrole nitrogens is 1. The van der Waals surface area contributed by atoms with Crippen molar-refractivity contribution in [1.29, 1.82) is 0 Å². The summed E-state index contributed by atoms with van der Waals surface area (Å²) in [5.41, 5.74) is 2.34. The minimum Gasteiger partial charge on any atom is -0.334 e. The molecule has 3 rings (SSSR count). The number of hydrogen-bond acceptors (Lipinski definition) is 3. The van der Waals surface area contributed by atoms with E-state index >= 15 is 0 Å². The van der Waals surface area contributed by atoms with Crippen molar-refractivity contribution in [3.8, 4) is 0 Å². The third kappa shape index (κ3) is 3.25. The van der Waals surface area contributed by atoms with Gasteiger partial charge in [0, 0.05) is 23.0 Å². The fraction of sp³-hybridized carbons (Fsp3) is 0.375. The molecule has 1 aliphatic carbocycles. The maximum atomic E-state index is 12.9. The summed E-state index contributed by atoms with van der Waals surface area (Å²) in [6, 6.07) is 3.85. The molecule has 0 radical (unpaired) electrons. The lowest BCUT2D eigenvalue weighted by atomic mass is 9.87. The van der Waals surface area contributed by atoms with Crippen LogP contribution in [0.5, 0.6) is 0 Å². The number of nitrogens with zero attached hydrogens (tertiary/aromatic N) is 2. The SMILES string of the molecule is C=CCN(Cc1ccc(Cl)s1)C(=O)[C@H]1CCc2[nH]ncc2C1. The van der Waals surface area contributed by atoms with Crippen molar-refractivity contribution in [3.05, 3.63) is 51.5 Å². The van der Waals surface area contributed by atoms with E-state index in [1.807, 2.05) is 23.2 Å². The second-order valence-electron chi connectivity index (χ2n) is 5.53. The summed E-state index contributed by atoms with van der Waals surface area (Å²) >= 11 is 7.50. The number of nitrogens with one attached hydrogen (secondary N) is 1. The molecule has 0 aliphatic heterocycles. The van der Waals surface area contributed by atoms with E-state index in [1.54, 1.807) is 6.08 Å². The monoisotopic (exact) mass is 335 g/mol. The first kappa shape index (κ1) is 15.3. The highest BCUT2D eigenvalue weighted by molar-refractivity contribution is 7.16. The highest BCUT2D eigenvalue weighted by Gasteiger charge is 2.29. The van der Waals surface area contributed by atoms with Crippen LogP contribution in [0.3, 0.4) is 0 Å². The first-order chi connectivity index (χ1) is 10.7.